The van der Waals surface area contributed by atoms with Crippen LogP contribution in [0.2, 0.25) is 0 Å². The average molecular weight is 233 g/mol. The summed E-state index contributed by atoms with van der Waals surface area (Å²) in [6.45, 7) is 6.36. The fourth-order valence-electron chi connectivity index (χ4n) is 3.84. The van der Waals surface area contributed by atoms with E-state index in [-0.39, 0.29) is 0 Å². The molecule has 2 N–H and O–H groups in total. The quantitative estimate of drug-likeness (QED) is 0.839. The number of rotatable bonds is 4. The molecule has 3 unspecified atom stereocenters. The molecule has 0 aliphatic heterocycles. The van der Waals surface area contributed by atoms with E-state index in [2.05, 4.69) is 29.4 Å². The van der Waals surface area contributed by atoms with Crippen molar-refractivity contribution >= 4 is 0 Å². The average Bonchev–Trinajstić information content (AvgIpc) is 2.99. The second-order valence-electron chi connectivity index (χ2n) is 5.98. The van der Waals surface area contributed by atoms with E-state index in [0.29, 0.717) is 0 Å². The van der Waals surface area contributed by atoms with Gasteiger partial charge in [0.05, 0.1) is 5.69 Å². The van der Waals surface area contributed by atoms with E-state index in [4.69, 9.17) is 0 Å². The number of H-pyrrole nitrogens is 1. The molecule has 1 heterocycles. The lowest BCUT2D eigenvalue weighted by Gasteiger charge is -2.21. The van der Waals surface area contributed by atoms with Gasteiger partial charge >= 0.3 is 0 Å². The summed E-state index contributed by atoms with van der Waals surface area (Å²) < 4.78 is 0. The maximum absolute atomic E-state index is 4.24. The SMILES string of the molecule is Cc1n[nH]c(C)c1CNCC1CC2CCC1C2. The number of nitrogens with zero attached hydrogens (tertiary/aromatic N) is 1. The van der Waals surface area contributed by atoms with Gasteiger partial charge in [-0.1, -0.05) is 6.42 Å². The van der Waals surface area contributed by atoms with Crippen molar-refractivity contribution < 1.29 is 0 Å². The molecule has 1 aromatic rings. The zero-order valence-corrected chi connectivity index (χ0v) is 10.9. The molecule has 1 aromatic heterocycles. The Labute approximate surface area is 103 Å². The molecule has 3 nitrogen and oxygen atoms in total. The Morgan fingerprint density at radius 2 is 2.18 bits per heavy atom. The van der Waals surface area contributed by atoms with E-state index in [0.717, 1.165) is 30.0 Å². The highest BCUT2D eigenvalue weighted by Crippen LogP contribution is 2.47. The summed E-state index contributed by atoms with van der Waals surface area (Å²) in [5.74, 6) is 3.03. The molecular weight excluding hydrogens is 210 g/mol. The summed E-state index contributed by atoms with van der Waals surface area (Å²) in [4.78, 5) is 0. The van der Waals surface area contributed by atoms with Gasteiger partial charge in [0.2, 0.25) is 0 Å². The highest BCUT2D eigenvalue weighted by Gasteiger charge is 2.38. The summed E-state index contributed by atoms with van der Waals surface area (Å²) in [5, 5.41) is 10.9. The molecule has 94 valence electrons. The first-order chi connectivity index (χ1) is 8.24. The minimum absolute atomic E-state index is 0.946. The minimum Gasteiger partial charge on any atom is -0.312 e. The van der Waals surface area contributed by atoms with Crippen LogP contribution in [0, 0.1) is 31.6 Å². The van der Waals surface area contributed by atoms with Gasteiger partial charge in [0.1, 0.15) is 0 Å². The van der Waals surface area contributed by atoms with E-state index in [1.54, 1.807) is 0 Å². The fourth-order valence-corrected chi connectivity index (χ4v) is 3.84. The topological polar surface area (TPSA) is 40.7 Å². The minimum atomic E-state index is 0.946. The van der Waals surface area contributed by atoms with Gasteiger partial charge in [0, 0.05) is 17.8 Å². The van der Waals surface area contributed by atoms with Crippen molar-refractivity contribution in [2.45, 2.75) is 46.1 Å². The molecule has 3 rings (SSSR count). The summed E-state index contributed by atoms with van der Waals surface area (Å²) in [6.07, 6.45) is 5.97. The Morgan fingerprint density at radius 3 is 2.76 bits per heavy atom. The summed E-state index contributed by atoms with van der Waals surface area (Å²) in [5.41, 5.74) is 3.71. The summed E-state index contributed by atoms with van der Waals surface area (Å²) >= 11 is 0. The van der Waals surface area contributed by atoms with Gasteiger partial charge in [-0.15, -0.1) is 0 Å². The predicted molar refractivity (Wildman–Crippen MR) is 68.7 cm³/mol. The second-order valence-corrected chi connectivity index (χ2v) is 5.98. The molecule has 0 amide bonds. The monoisotopic (exact) mass is 233 g/mol. The Balaban J connectivity index is 1.49. The zero-order valence-electron chi connectivity index (χ0n) is 10.9. The number of aryl methyl sites for hydroxylation is 2. The van der Waals surface area contributed by atoms with Gasteiger partial charge in [-0.25, -0.2) is 0 Å². The highest BCUT2D eigenvalue weighted by atomic mass is 15.1. The van der Waals surface area contributed by atoms with Gasteiger partial charge < -0.3 is 5.32 Å². The number of aromatic nitrogens is 2. The highest BCUT2D eigenvalue weighted by molar-refractivity contribution is 5.22. The number of hydrogen-bond acceptors (Lipinski definition) is 2. The predicted octanol–water partition coefficient (Wildman–Crippen LogP) is 2.55. The lowest BCUT2D eigenvalue weighted by molar-refractivity contribution is 0.318. The molecule has 17 heavy (non-hydrogen) atoms. The Hall–Kier alpha value is -0.830. The largest absolute Gasteiger partial charge is 0.312 e. The van der Waals surface area contributed by atoms with E-state index >= 15 is 0 Å². The van der Waals surface area contributed by atoms with Gasteiger partial charge in [-0.2, -0.15) is 5.10 Å². The van der Waals surface area contributed by atoms with Crippen molar-refractivity contribution in [3.05, 3.63) is 17.0 Å². The van der Waals surface area contributed by atoms with Gasteiger partial charge in [0.15, 0.2) is 0 Å². The molecule has 2 fully saturated rings. The molecule has 2 bridgehead atoms. The molecule has 0 spiro atoms. The van der Waals surface area contributed by atoms with Crippen LogP contribution in [0.4, 0.5) is 0 Å². The molecule has 0 radical (unpaired) electrons. The first kappa shape index (κ1) is 11.3. The van der Waals surface area contributed by atoms with Crippen LogP contribution in [0.25, 0.3) is 0 Å². The standard InChI is InChI=1S/C14H23N3/c1-9-14(10(2)17-16-9)8-15-7-13-6-11-3-4-12(13)5-11/h11-13,15H,3-8H2,1-2H3,(H,16,17). The Morgan fingerprint density at radius 1 is 1.29 bits per heavy atom. The second kappa shape index (κ2) is 4.45. The van der Waals surface area contributed by atoms with Crippen LogP contribution in [-0.4, -0.2) is 16.7 Å². The Bertz CT molecular complexity index is 377. The van der Waals surface area contributed by atoms with Crippen molar-refractivity contribution in [2.75, 3.05) is 6.54 Å². The van der Waals surface area contributed by atoms with Crippen molar-refractivity contribution in [1.82, 2.24) is 15.5 Å². The van der Waals surface area contributed by atoms with Gasteiger partial charge in [-0.05, 0) is 57.4 Å². The van der Waals surface area contributed by atoms with Crippen LogP contribution in [0.3, 0.4) is 0 Å². The molecular formula is C14H23N3. The maximum atomic E-state index is 4.24. The van der Waals surface area contributed by atoms with Crippen molar-refractivity contribution in [3.8, 4) is 0 Å². The van der Waals surface area contributed by atoms with Crippen LogP contribution in [0.5, 0.6) is 0 Å². The summed E-state index contributed by atoms with van der Waals surface area (Å²) in [7, 11) is 0. The third-order valence-electron chi connectivity index (χ3n) is 4.87. The van der Waals surface area contributed by atoms with Crippen molar-refractivity contribution in [2.24, 2.45) is 17.8 Å². The lowest BCUT2D eigenvalue weighted by Crippen LogP contribution is -2.26. The smallest absolute Gasteiger partial charge is 0.0638 e. The number of hydrogen-bond donors (Lipinski definition) is 2. The zero-order chi connectivity index (χ0) is 11.8. The summed E-state index contributed by atoms with van der Waals surface area (Å²) in [6, 6.07) is 0. The number of aromatic amines is 1. The van der Waals surface area contributed by atoms with E-state index < -0.39 is 0 Å². The first-order valence-electron chi connectivity index (χ1n) is 6.95. The fraction of sp³-hybridized carbons (Fsp3) is 0.786. The van der Waals surface area contributed by atoms with Gasteiger partial charge in [-0.3, -0.25) is 5.10 Å². The van der Waals surface area contributed by atoms with E-state index in [1.165, 1.54) is 43.5 Å². The van der Waals surface area contributed by atoms with Crippen LogP contribution in [0.1, 0.15) is 42.6 Å². The molecule has 2 aliphatic rings. The molecule has 2 aliphatic carbocycles. The molecule has 0 saturated heterocycles. The number of fused-ring (bicyclic) bond motifs is 2. The van der Waals surface area contributed by atoms with Crippen molar-refractivity contribution in [1.29, 1.82) is 0 Å². The molecule has 2 saturated carbocycles. The van der Waals surface area contributed by atoms with Crippen LogP contribution in [0.15, 0.2) is 0 Å². The van der Waals surface area contributed by atoms with Crippen LogP contribution in [-0.2, 0) is 6.54 Å². The molecule has 3 heteroatoms. The van der Waals surface area contributed by atoms with E-state index in [9.17, 15) is 0 Å². The number of nitrogens with one attached hydrogen (secondary N) is 2. The molecule has 3 atom stereocenters. The molecule has 0 aromatic carbocycles. The van der Waals surface area contributed by atoms with Crippen LogP contribution < -0.4 is 5.32 Å². The maximum Gasteiger partial charge on any atom is 0.0638 e. The lowest BCUT2D eigenvalue weighted by atomic mass is 9.89. The van der Waals surface area contributed by atoms with Gasteiger partial charge in [0.25, 0.3) is 0 Å². The van der Waals surface area contributed by atoms with Crippen molar-refractivity contribution in [3.63, 3.8) is 0 Å². The van der Waals surface area contributed by atoms with Crippen LogP contribution >= 0.6 is 0 Å². The normalized spacial score (nSPS) is 31.3. The third kappa shape index (κ3) is 2.13. The third-order valence-corrected chi connectivity index (χ3v) is 4.87. The first-order valence-corrected chi connectivity index (χ1v) is 6.95. The van der Waals surface area contributed by atoms with E-state index in [1.807, 2.05) is 0 Å². The Kier molecular flexibility index (Phi) is 2.95.